The number of nitrogens with one attached hydrogen (secondary N) is 1. The maximum absolute atomic E-state index is 5.51. The SMILES string of the molecule is CC(C)(C)NOCCOCCOC(C)(C)C. The summed E-state index contributed by atoms with van der Waals surface area (Å²) < 4.78 is 10.9. The molecule has 0 amide bonds. The van der Waals surface area contributed by atoms with Gasteiger partial charge in [-0.05, 0) is 41.5 Å². The van der Waals surface area contributed by atoms with E-state index in [-0.39, 0.29) is 11.1 Å². The lowest BCUT2D eigenvalue weighted by Crippen LogP contribution is -2.36. The Kier molecular flexibility index (Phi) is 7.15. The Morgan fingerprint density at radius 3 is 1.88 bits per heavy atom. The van der Waals surface area contributed by atoms with Crippen LogP contribution in [0, 0.1) is 0 Å². The van der Waals surface area contributed by atoms with Gasteiger partial charge in [0.15, 0.2) is 0 Å². The summed E-state index contributed by atoms with van der Waals surface area (Å²) in [7, 11) is 0. The molecule has 0 saturated carbocycles. The van der Waals surface area contributed by atoms with Gasteiger partial charge in [-0.25, -0.2) is 0 Å². The standard InChI is InChI=1S/C12H27NO3/c1-11(2,3)13-16-10-8-14-7-9-15-12(4,5)6/h13H,7-10H2,1-6H3. The van der Waals surface area contributed by atoms with Gasteiger partial charge in [0.25, 0.3) is 0 Å². The lowest BCUT2D eigenvalue weighted by atomic mass is 10.1. The first kappa shape index (κ1) is 15.8. The van der Waals surface area contributed by atoms with E-state index in [0.29, 0.717) is 26.4 Å². The highest BCUT2D eigenvalue weighted by Crippen LogP contribution is 2.05. The van der Waals surface area contributed by atoms with Gasteiger partial charge in [-0.15, -0.1) is 0 Å². The zero-order chi connectivity index (χ0) is 12.7. The Labute approximate surface area is 99.6 Å². The summed E-state index contributed by atoms with van der Waals surface area (Å²) >= 11 is 0. The molecule has 16 heavy (non-hydrogen) atoms. The zero-order valence-electron chi connectivity index (χ0n) is 11.6. The molecule has 98 valence electrons. The molecule has 0 heterocycles. The molecule has 0 spiro atoms. The van der Waals surface area contributed by atoms with Gasteiger partial charge >= 0.3 is 0 Å². The van der Waals surface area contributed by atoms with Crippen LogP contribution >= 0.6 is 0 Å². The Balaban J connectivity index is 3.17. The van der Waals surface area contributed by atoms with Gasteiger partial charge in [-0.2, -0.15) is 5.48 Å². The summed E-state index contributed by atoms with van der Waals surface area (Å²) in [6.07, 6.45) is 0. The summed E-state index contributed by atoms with van der Waals surface area (Å²) in [5.74, 6) is 0. The molecule has 0 aliphatic carbocycles. The number of rotatable bonds is 7. The van der Waals surface area contributed by atoms with Gasteiger partial charge < -0.3 is 9.47 Å². The summed E-state index contributed by atoms with van der Waals surface area (Å²) in [6.45, 7) is 14.6. The fourth-order valence-electron chi connectivity index (χ4n) is 0.877. The first-order chi connectivity index (χ1) is 7.21. The number of hydroxylamine groups is 1. The molecule has 1 N–H and O–H groups in total. The summed E-state index contributed by atoms with van der Waals surface area (Å²) in [5, 5.41) is 0. The van der Waals surface area contributed by atoms with Crippen molar-refractivity contribution in [2.24, 2.45) is 0 Å². The van der Waals surface area contributed by atoms with Crippen LogP contribution in [-0.2, 0) is 14.3 Å². The van der Waals surface area contributed by atoms with Gasteiger partial charge in [-0.3, -0.25) is 4.84 Å². The van der Waals surface area contributed by atoms with E-state index in [1.54, 1.807) is 0 Å². The molecule has 4 heteroatoms. The Morgan fingerprint density at radius 1 is 0.812 bits per heavy atom. The lowest BCUT2D eigenvalue weighted by Gasteiger charge is -2.20. The average molecular weight is 233 g/mol. The molecule has 0 aliphatic heterocycles. The fraction of sp³-hybridized carbons (Fsp3) is 1.00. The molecule has 0 aromatic carbocycles. The highest BCUT2D eigenvalue weighted by molar-refractivity contribution is 4.63. The van der Waals surface area contributed by atoms with Crippen LogP contribution in [0.25, 0.3) is 0 Å². The van der Waals surface area contributed by atoms with Crippen molar-refractivity contribution in [1.82, 2.24) is 5.48 Å². The molecular weight excluding hydrogens is 206 g/mol. The molecule has 0 saturated heterocycles. The summed E-state index contributed by atoms with van der Waals surface area (Å²) in [4.78, 5) is 5.23. The van der Waals surface area contributed by atoms with E-state index in [4.69, 9.17) is 14.3 Å². The highest BCUT2D eigenvalue weighted by Gasteiger charge is 2.09. The zero-order valence-corrected chi connectivity index (χ0v) is 11.6. The largest absolute Gasteiger partial charge is 0.377 e. The van der Waals surface area contributed by atoms with E-state index in [1.165, 1.54) is 0 Å². The molecule has 0 bridgehead atoms. The van der Waals surface area contributed by atoms with Crippen LogP contribution in [0.5, 0.6) is 0 Å². The third kappa shape index (κ3) is 13.8. The molecule has 0 aromatic heterocycles. The van der Waals surface area contributed by atoms with E-state index < -0.39 is 0 Å². The van der Waals surface area contributed by atoms with Crippen molar-refractivity contribution < 1.29 is 14.3 Å². The van der Waals surface area contributed by atoms with Crippen LogP contribution in [0.1, 0.15) is 41.5 Å². The summed E-state index contributed by atoms with van der Waals surface area (Å²) in [6, 6.07) is 0. The molecule has 0 rings (SSSR count). The number of hydrogen-bond donors (Lipinski definition) is 1. The fourth-order valence-corrected chi connectivity index (χ4v) is 0.877. The van der Waals surface area contributed by atoms with Crippen molar-refractivity contribution in [2.45, 2.75) is 52.7 Å². The minimum Gasteiger partial charge on any atom is -0.377 e. The second kappa shape index (κ2) is 7.22. The topological polar surface area (TPSA) is 39.7 Å². The van der Waals surface area contributed by atoms with E-state index in [1.807, 2.05) is 41.5 Å². The Morgan fingerprint density at radius 2 is 1.38 bits per heavy atom. The van der Waals surface area contributed by atoms with Crippen LogP contribution in [0.4, 0.5) is 0 Å². The molecule has 0 aliphatic rings. The second-order valence-corrected chi connectivity index (χ2v) is 5.77. The van der Waals surface area contributed by atoms with Crippen molar-refractivity contribution in [1.29, 1.82) is 0 Å². The minimum absolute atomic E-state index is 0.0185. The van der Waals surface area contributed by atoms with E-state index in [0.717, 1.165) is 0 Å². The van der Waals surface area contributed by atoms with E-state index in [2.05, 4.69) is 5.48 Å². The van der Waals surface area contributed by atoms with Gasteiger partial charge in [0.05, 0.1) is 32.0 Å². The molecule has 4 nitrogen and oxygen atoms in total. The van der Waals surface area contributed by atoms with Crippen molar-refractivity contribution in [3.05, 3.63) is 0 Å². The van der Waals surface area contributed by atoms with Crippen LogP contribution in [0.15, 0.2) is 0 Å². The van der Waals surface area contributed by atoms with E-state index >= 15 is 0 Å². The first-order valence-electron chi connectivity index (χ1n) is 5.81. The predicted octanol–water partition coefficient (Wildman–Crippen LogP) is 2.14. The third-order valence-corrected chi connectivity index (χ3v) is 1.47. The Bertz CT molecular complexity index is 150. The monoisotopic (exact) mass is 233 g/mol. The van der Waals surface area contributed by atoms with Crippen molar-refractivity contribution in [3.63, 3.8) is 0 Å². The molecule has 0 atom stereocenters. The van der Waals surface area contributed by atoms with Crippen LogP contribution in [0.3, 0.4) is 0 Å². The first-order valence-corrected chi connectivity index (χ1v) is 5.81. The lowest BCUT2D eigenvalue weighted by molar-refractivity contribution is -0.0616. The van der Waals surface area contributed by atoms with Crippen LogP contribution in [0.2, 0.25) is 0 Å². The predicted molar refractivity (Wildman–Crippen MR) is 65.4 cm³/mol. The smallest absolute Gasteiger partial charge is 0.0916 e. The van der Waals surface area contributed by atoms with Gasteiger partial charge in [-0.1, -0.05) is 0 Å². The van der Waals surface area contributed by atoms with Gasteiger partial charge in [0.1, 0.15) is 0 Å². The molecule has 0 aromatic rings. The normalized spacial score (nSPS) is 13.1. The van der Waals surface area contributed by atoms with E-state index in [9.17, 15) is 0 Å². The van der Waals surface area contributed by atoms with Crippen LogP contribution < -0.4 is 5.48 Å². The maximum atomic E-state index is 5.51. The number of ether oxygens (including phenoxy) is 2. The Hall–Kier alpha value is -0.160. The quantitative estimate of drug-likeness (QED) is 0.540. The third-order valence-electron chi connectivity index (χ3n) is 1.47. The highest BCUT2D eigenvalue weighted by atomic mass is 16.7. The van der Waals surface area contributed by atoms with Crippen molar-refractivity contribution in [3.8, 4) is 0 Å². The molecule has 0 unspecified atom stereocenters. The van der Waals surface area contributed by atoms with Gasteiger partial charge in [0.2, 0.25) is 0 Å². The molecule has 0 fully saturated rings. The molecular formula is C12H27NO3. The van der Waals surface area contributed by atoms with Crippen LogP contribution in [-0.4, -0.2) is 37.6 Å². The molecule has 0 radical (unpaired) electrons. The van der Waals surface area contributed by atoms with Crippen molar-refractivity contribution in [2.75, 3.05) is 26.4 Å². The summed E-state index contributed by atoms with van der Waals surface area (Å²) in [5.41, 5.74) is 2.82. The minimum atomic E-state index is -0.0896. The second-order valence-electron chi connectivity index (χ2n) is 5.77. The maximum Gasteiger partial charge on any atom is 0.0916 e. The van der Waals surface area contributed by atoms with Gasteiger partial charge in [0, 0.05) is 5.54 Å². The number of hydrogen-bond acceptors (Lipinski definition) is 4. The van der Waals surface area contributed by atoms with Crippen molar-refractivity contribution >= 4 is 0 Å². The average Bonchev–Trinajstić information content (AvgIpc) is 2.06.